The summed E-state index contributed by atoms with van der Waals surface area (Å²) < 4.78 is 0.0694. The Hall–Kier alpha value is -0.610. The molecule has 0 aromatic carbocycles. The van der Waals surface area contributed by atoms with Gasteiger partial charge >= 0.3 is 0 Å². The molecule has 0 aliphatic carbocycles. The van der Waals surface area contributed by atoms with Crippen molar-refractivity contribution in [2.45, 2.75) is 32.7 Å². The first kappa shape index (κ1) is 11.5. The molecule has 0 spiro atoms. The second-order valence-electron chi connectivity index (χ2n) is 4.96. The normalized spacial score (nSPS) is 29.6. The van der Waals surface area contributed by atoms with Gasteiger partial charge in [0.15, 0.2) is 0 Å². The second-order valence-corrected chi connectivity index (χ2v) is 4.96. The number of carbonyl (C=O) groups is 1. The number of amides is 1. The number of hydrogen-bond acceptors (Lipinski definition) is 3. The lowest BCUT2D eigenvalue weighted by Crippen LogP contribution is -2.68. The average Bonchev–Trinajstić information content (AvgIpc) is 2.26. The quantitative estimate of drug-likeness (QED) is 0.557. The van der Waals surface area contributed by atoms with Gasteiger partial charge in [0.1, 0.15) is 0 Å². The summed E-state index contributed by atoms with van der Waals surface area (Å²) in [6, 6.07) is 0. The van der Waals surface area contributed by atoms with Crippen LogP contribution >= 0.6 is 0 Å². The van der Waals surface area contributed by atoms with Crippen LogP contribution in [0.4, 0.5) is 4.79 Å². The van der Waals surface area contributed by atoms with Gasteiger partial charge in [-0.3, -0.25) is 4.48 Å². The average molecular weight is 200 g/mol. The Morgan fingerprint density at radius 2 is 1.93 bits per heavy atom. The molecule has 0 radical (unpaired) electrons. The van der Waals surface area contributed by atoms with Crippen LogP contribution in [0.1, 0.15) is 27.2 Å². The molecule has 1 amide bonds. The molecule has 82 valence electrons. The predicted molar refractivity (Wildman–Crippen MR) is 52.6 cm³/mol. The Morgan fingerprint density at radius 1 is 1.29 bits per heavy atom. The maximum absolute atomic E-state index is 11.3. The highest BCUT2D eigenvalue weighted by Crippen LogP contribution is 2.25. The maximum Gasteiger partial charge on any atom is 0.257 e. The smallest absolute Gasteiger partial charge is 0.257 e. The van der Waals surface area contributed by atoms with Crippen molar-refractivity contribution in [2.75, 3.05) is 26.2 Å². The number of hydrogen-bond donors (Lipinski definition) is 1. The van der Waals surface area contributed by atoms with Gasteiger partial charge < -0.3 is 15.2 Å². The lowest BCUT2D eigenvalue weighted by Gasteiger charge is -2.47. The van der Waals surface area contributed by atoms with Crippen molar-refractivity contribution in [3.63, 3.8) is 0 Å². The van der Waals surface area contributed by atoms with Gasteiger partial charge in [0.2, 0.25) is 0 Å². The number of nitrogens with one attached hydrogen (secondary N) is 1. The van der Waals surface area contributed by atoms with E-state index in [-0.39, 0.29) is 10.0 Å². The predicted octanol–water partition coefficient (Wildman–Crippen LogP) is -0.0617. The number of carboxylic acid groups (broad SMARTS) is 1. The van der Waals surface area contributed by atoms with E-state index >= 15 is 0 Å². The molecule has 1 rings (SSSR count). The van der Waals surface area contributed by atoms with E-state index in [0.717, 1.165) is 19.5 Å². The molecular weight excluding hydrogens is 180 g/mol. The molecule has 1 aliphatic rings. The van der Waals surface area contributed by atoms with Gasteiger partial charge in [0.25, 0.3) is 6.09 Å². The summed E-state index contributed by atoms with van der Waals surface area (Å²) in [6.07, 6.45) is -0.0492. The Bertz CT molecular complexity index is 213. The molecule has 4 nitrogen and oxygen atoms in total. The first-order chi connectivity index (χ1) is 6.40. The summed E-state index contributed by atoms with van der Waals surface area (Å²) in [5.74, 6) is 0. The molecular formula is C10H20N2O2. The zero-order valence-electron chi connectivity index (χ0n) is 9.30. The Kier molecular flexibility index (Phi) is 3.17. The Balaban J connectivity index is 2.95. The number of nitrogens with zero attached hydrogens (tertiary/aromatic N) is 1. The van der Waals surface area contributed by atoms with E-state index in [1.807, 2.05) is 20.8 Å². The third kappa shape index (κ3) is 1.91. The Labute approximate surface area is 85.5 Å². The molecule has 0 aromatic rings. The van der Waals surface area contributed by atoms with Gasteiger partial charge in [-0.15, -0.1) is 0 Å². The highest BCUT2D eigenvalue weighted by atomic mass is 16.4. The third-order valence-corrected chi connectivity index (χ3v) is 3.20. The molecule has 1 atom stereocenters. The molecule has 0 bridgehead atoms. The lowest BCUT2D eigenvalue weighted by atomic mass is 10.0. The summed E-state index contributed by atoms with van der Waals surface area (Å²) in [7, 11) is 0. The van der Waals surface area contributed by atoms with Gasteiger partial charge in [-0.2, -0.15) is 0 Å². The highest BCUT2D eigenvalue weighted by molar-refractivity contribution is 5.54. The van der Waals surface area contributed by atoms with Gasteiger partial charge in [0.05, 0.1) is 18.6 Å². The Morgan fingerprint density at radius 3 is 2.43 bits per heavy atom. The maximum atomic E-state index is 11.3. The lowest BCUT2D eigenvalue weighted by molar-refractivity contribution is -0.917. The van der Waals surface area contributed by atoms with E-state index in [0.29, 0.717) is 13.1 Å². The SMILES string of the molecule is CC(C)(C)[N+]1(C(=O)[O-])CCCNCC1. The molecule has 1 fully saturated rings. The van der Waals surface area contributed by atoms with Crippen LogP contribution in [0.25, 0.3) is 0 Å². The van der Waals surface area contributed by atoms with Crippen LogP contribution in [0.3, 0.4) is 0 Å². The summed E-state index contributed by atoms with van der Waals surface area (Å²) in [5.41, 5.74) is -0.287. The van der Waals surface area contributed by atoms with Crippen LogP contribution in [0.2, 0.25) is 0 Å². The van der Waals surface area contributed by atoms with E-state index < -0.39 is 6.09 Å². The monoisotopic (exact) mass is 200 g/mol. The van der Waals surface area contributed by atoms with Crippen molar-refractivity contribution in [2.24, 2.45) is 0 Å². The van der Waals surface area contributed by atoms with Crippen molar-refractivity contribution in [3.05, 3.63) is 0 Å². The van der Waals surface area contributed by atoms with E-state index in [1.54, 1.807) is 0 Å². The molecule has 1 unspecified atom stereocenters. The van der Waals surface area contributed by atoms with Crippen molar-refractivity contribution in [1.82, 2.24) is 5.32 Å². The first-order valence-electron chi connectivity index (χ1n) is 5.20. The zero-order valence-corrected chi connectivity index (χ0v) is 9.30. The van der Waals surface area contributed by atoms with Gasteiger partial charge in [-0.1, -0.05) is 0 Å². The second kappa shape index (κ2) is 3.87. The van der Waals surface area contributed by atoms with E-state index in [4.69, 9.17) is 0 Å². The zero-order chi connectivity index (χ0) is 10.8. The van der Waals surface area contributed by atoms with E-state index in [1.165, 1.54) is 0 Å². The number of carbonyl (C=O) groups excluding carboxylic acids is 1. The van der Waals surface area contributed by atoms with Crippen molar-refractivity contribution in [3.8, 4) is 0 Å². The molecule has 1 saturated heterocycles. The van der Waals surface area contributed by atoms with Crippen LogP contribution < -0.4 is 10.4 Å². The largest absolute Gasteiger partial charge is 0.498 e. The van der Waals surface area contributed by atoms with Crippen LogP contribution in [-0.2, 0) is 0 Å². The number of quaternary nitrogens is 1. The molecule has 1 aliphatic heterocycles. The summed E-state index contributed by atoms with van der Waals surface area (Å²) in [6.45, 7) is 8.84. The summed E-state index contributed by atoms with van der Waals surface area (Å²) in [4.78, 5) is 11.3. The fourth-order valence-electron chi connectivity index (χ4n) is 2.11. The minimum atomic E-state index is -0.943. The summed E-state index contributed by atoms with van der Waals surface area (Å²) in [5, 5.41) is 14.5. The van der Waals surface area contributed by atoms with E-state index in [2.05, 4.69) is 5.32 Å². The van der Waals surface area contributed by atoms with Crippen molar-refractivity contribution in [1.29, 1.82) is 0 Å². The van der Waals surface area contributed by atoms with Crippen LogP contribution in [0, 0.1) is 0 Å². The van der Waals surface area contributed by atoms with Gasteiger partial charge in [-0.25, -0.2) is 0 Å². The van der Waals surface area contributed by atoms with Crippen LogP contribution in [0.15, 0.2) is 0 Å². The standard InChI is InChI=1S/C10H20N2O2/c1-10(2,3)12(9(13)14)7-4-5-11-6-8-12/h11H,4-8H2,1-3H3. The topological polar surface area (TPSA) is 52.2 Å². The van der Waals surface area contributed by atoms with Crippen LogP contribution in [0.5, 0.6) is 0 Å². The highest BCUT2D eigenvalue weighted by Gasteiger charge is 2.42. The molecule has 1 N–H and O–H groups in total. The van der Waals surface area contributed by atoms with Crippen molar-refractivity contribution < 1.29 is 14.4 Å². The first-order valence-corrected chi connectivity index (χ1v) is 5.20. The molecule has 14 heavy (non-hydrogen) atoms. The summed E-state index contributed by atoms with van der Waals surface area (Å²) >= 11 is 0. The number of rotatable bonds is 0. The van der Waals surface area contributed by atoms with Crippen molar-refractivity contribution >= 4 is 6.09 Å². The molecule has 0 saturated carbocycles. The van der Waals surface area contributed by atoms with Crippen LogP contribution in [-0.4, -0.2) is 42.3 Å². The minimum Gasteiger partial charge on any atom is -0.498 e. The minimum absolute atomic E-state index is 0.0694. The molecule has 4 heteroatoms. The molecule has 0 aromatic heterocycles. The third-order valence-electron chi connectivity index (χ3n) is 3.20. The van der Waals surface area contributed by atoms with Gasteiger partial charge in [0, 0.05) is 19.5 Å². The van der Waals surface area contributed by atoms with Gasteiger partial charge in [-0.05, 0) is 20.8 Å². The van der Waals surface area contributed by atoms with E-state index in [9.17, 15) is 9.90 Å². The molecule has 1 heterocycles. The fourth-order valence-corrected chi connectivity index (χ4v) is 2.11. The fraction of sp³-hybridized carbons (Fsp3) is 0.900.